The number of benzene rings is 2. The van der Waals surface area contributed by atoms with Gasteiger partial charge in [-0.1, -0.05) is 39.5 Å². The summed E-state index contributed by atoms with van der Waals surface area (Å²) in [5.41, 5.74) is 1.31. The molecule has 0 bridgehead atoms. The summed E-state index contributed by atoms with van der Waals surface area (Å²) in [6, 6.07) is 14.6. The summed E-state index contributed by atoms with van der Waals surface area (Å²) in [6.45, 7) is 7.02. The Bertz CT molecular complexity index is 807. The van der Waals surface area contributed by atoms with Crippen LogP contribution in [0.2, 0.25) is 0 Å². The van der Waals surface area contributed by atoms with Crippen LogP contribution in [0.4, 0.5) is 5.69 Å². The monoisotopic (exact) mass is 442 g/mol. The summed E-state index contributed by atoms with van der Waals surface area (Å²) in [5, 5.41) is 5.96. The molecule has 0 aromatic heterocycles. The van der Waals surface area contributed by atoms with Crippen molar-refractivity contribution >= 4 is 28.9 Å². The molecule has 0 saturated heterocycles. The topological polar surface area (TPSA) is 59.6 Å². The average molecular weight is 443 g/mol. The van der Waals surface area contributed by atoms with Gasteiger partial charge in [-0.3, -0.25) is 10.1 Å². The van der Waals surface area contributed by atoms with Crippen molar-refractivity contribution in [1.82, 2.24) is 5.32 Å². The molecule has 2 N–H and O–H groups in total. The highest BCUT2D eigenvalue weighted by atomic mass is 32.1. The number of rotatable bonds is 12. The van der Waals surface area contributed by atoms with Crippen LogP contribution in [0.15, 0.2) is 48.5 Å². The quantitative estimate of drug-likeness (QED) is 0.297. The number of hydrogen-bond donors (Lipinski definition) is 2. The standard InChI is InChI=1S/C25H34N2O3S/c1-4-6-7-8-9-18-29-22-14-10-20(11-15-22)24(28)27-25(31)26-21-12-16-23(17-13-21)30-19(3)5-2/h10-17,19H,4-9,18H2,1-3H3,(H2,26,27,28,31). The van der Waals surface area contributed by atoms with E-state index in [9.17, 15) is 4.79 Å². The fraction of sp³-hybridized carbons (Fsp3) is 0.440. The van der Waals surface area contributed by atoms with E-state index in [-0.39, 0.29) is 17.1 Å². The maximum atomic E-state index is 12.4. The third-order valence-corrected chi connectivity index (χ3v) is 5.09. The van der Waals surface area contributed by atoms with Gasteiger partial charge in [-0.05, 0) is 80.5 Å². The van der Waals surface area contributed by atoms with E-state index in [2.05, 4.69) is 24.5 Å². The molecule has 6 heteroatoms. The molecule has 0 aliphatic heterocycles. The molecule has 0 spiro atoms. The number of carbonyl (C=O) groups is 1. The van der Waals surface area contributed by atoms with E-state index in [1.807, 2.05) is 43.3 Å². The summed E-state index contributed by atoms with van der Waals surface area (Å²) < 4.78 is 11.5. The van der Waals surface area contributed by atoms with E-state index in [4.69, 9.17) is 21.7 Å². The second-order valence-corrected chi connectivity index (χ2v) is 7.96. The molecule has 0 saturated carbocycles. The summed E-state index contributed by atoms with van der Waals surface area (Å²) in [7, 11) is 0. The highest BCUT2D eigenvalue weighted by Gasteiger charge is 2.09. The van der Waals surface area contributed by atoms with Crippen molar-refractivity contribution in [3.8, 4) is 11.5 Å². The van der Waals surface area contributed by atoms with Crippen LogP contribution >= 0.6 is 12.2 Å². The van der Waals surface area contributed by atoms with Crippen LogP contribution in [-0.4, -0.2) is 23.7 Å². The van der Waals surface area contributed by atoms with E-state index < -0.39 is 0 Å². The number of hydrogen-bond acceptors (Lipinski definition) is 4. The molecule has 168 valence electrons. The maximum Gasteiger partial charge on any atom is 0.257 e. The van der Waals surface area contributed by atoms with Gasteiger partial charge in [0.2, 0.25) is 0 Å². The Balaban J connectivity index is 1.76. The molecule has 1 amide bonds. The molecule has 5 nitrogen and oxygen atoms in total. The Morgan fingerprint density at radius 3 is 2.23 bits per heavy atom. The minimum Gasteiger partial charge on any atom is -0.494 e. The Hall–Kier alpha value is -2.60. The molecular formula is C25H34N2O3S. The molecule has 2 aromatic rings. The van der Waals surface area contributed by atoms with Crippen molar-refractivity contribution < 1.29 is 14.3 Å². The molecule has 31 heavy (non-hydrogen) atoms. The zero-order valence-corrected chi connectivity index (χ0v) is 19.6. The Labute approximate surface area is 191 Å². The molecule has 1 atom stereocenters. The van der Waals surface area contributed by atoms with Crippen molar-refractivity contribution in [3.63, 3.8) is 0 Å². The maximum absolute atomic E-state index is 12.4. The summed E-state index contributed by atoms with van der Waals surface area (Å²) in [4.78, 5) is 12.4. The van der Waals surface area contributed by atoms with Crippen molar-refractivity contribution in [2.75, 3.05) is 11.9 Å². The van der Waals surface area contributed by atoms with Gasteiger partial charge >= 0.3 is 0 Å². The Morgan fingerprint density at radius 2 is 1.58 bits per heavy atom. The van der Waals surface area contributed by atoms with Crippen molar-refractivity contribution in [2.24, 2.45) is 0 Å². The number of carbonyl (C=O) groups excluding carboxylic acids is 1. The van der Waals surface area contributed by atoms with Crippen LogP contribution in [0.5, 0.6) is 11.5 Å². The van der Waals surface area contributed by atoms with Crippen LogP contribution < -0.4 is 20.1 Å². The number of amides is 1. The molecule has 0 aliphatic carbocycles. The van der Waals surface area contributed by atoms with Gasteiger partial charge in [0.1, 0.15) is 11.5 Å². The van der Waals surface area contributed by atoms with Crippen LogP contribution in [0.3, 0.4) is 0 Å². The van der Waals surface area contributed by atoms with Crippen molar-refractivity contribution in [1.29, 1.82) is 0 Å². The molecule has 0 radical (unpaired) electrons. The number of unbranched alkanes of at least 4 members (excludes halogenated alkanes) is 4. The zero-order chi connectivity index (χ0) is 22.5. The Kier molecular flexibility index (Phi) is 10.9. The minimum absolute atomic E-state index is 0.168. The number of thiocarbonyl (C=S) groups is 1. The lowest BCUT2D eigenvalue weighted by Gasteiger charge is -2.14. The first-order valence-electron chi connectivity index (χ1n) is 11.1. The number of ether oxygens (including phenoxy) is 2. The fourth-order valence-corrected chi connectivity index (χ4v) is 3.08. The van der Waals surface area contributed by atoms with E-state index in [0.717, 1.165) is 30.0 Å². The van der Waals surface area contributed by atoms with Crippen LogP contribution in [-0.2, 0) is 0 Å². The zero-order valence-electron chi connectivity index (χ0n) is 18.8. The molecule has 2 aromatic carbocycles. The van der Waals surface area contributed by atoms with Gasteiger partial charge in [0.25, 0.3) is 5.91 Å². The smallest absolute Gasteiger partial charge is 0.257 e. The molecule has 1 unspecified atom stereocenters. The molecular weight excluding hydrogens is 408 g/mol. The summed E-state index contributed by atoms with van der Waals surface area (Å²) in [5.74, 6) is 1.31. The van der Waals surface area contributed by atoms with Crippen LogP contribution in [0, 0.1) is 0 Å². The predicted molar refractivity (Wildman–Crippen MR) is 131 cm³/mol. The van der Waals surface area contributed by atoms with Crippen molar-refractivity contribution in [2.45, 2.75) is 65.4 Å². The highest BCUT2D eigenvalue weighted by Crippen LogP contribution is 2.18. The van der Waals surface area contributed by atoms with E-state index in [0.29, 0.717) is 12.2 Å². The van der Waals surface area contributed by atoms with Gasteiger partial charge < -0.3 is 14.8 Å². The molecule has 0 heterocycles. The number of nitrogens with one attached hydrogen (secondary N) is 2. The lowest BCUT2D eigenvalue weighted by atomic mass is 10.2. The number of anilines is 1. The largest absolute Gasteiger partial charge is 0.494 e. The van der Waals surface area contributed by atoms with Gasteiger partial charge in [-0.25, -0.2) is 0 Å². The van der Waals surface area contributed by atoms with Gasteiger partial charge in [0.15, 0.2) is 5.11 Å². The van der Waals surface area contributed by atoms with Crippen molar-refractivity contribution in [3.05, 3.63) is 54.1 Å². The highest BCUT2D eigenvalue weighted by molar-refractivity contribution is 7.80. The van der Waals surface area contributed by atoms with Gasteiger partial charge in [-0.2, -0.15) is 0 Å². The van der Waals surface area contributed by atoms with Gasteiger partial charge in [0.05, 0.1) is 12.7 Å². The first kappa shape index (κ1) is 24.7. The average Bonchev–Trinajstić information content (AvgIpc) is 2.77. The third kappa shape index (κ3) is 9.39. The second kappa shape index (κ2) is 13.7. The fourth-order valence-electron chi connectivity index (χ4n) is 2.87. The summed E-state index contributed by atoms with van der Waals surface area (Å²) in [6.07, 6.45) is 7.12. The molecule has 0 fully saturated rings. The van der Waals surface area contributed by atoms with Gasteiger partial charge in [0, 0.05) is 11.3 Å². The van der Waals surface area contributed by atoms with E-state index >= 15 is 0 Å². The lowest BCUT2D eigenvalue weighted by molar-refractivity contribution is 0.0977. The van der Waals surface area contributed by atoms with Crippen LogP contribution in [0.1, 0.15) is 69.7 Å². The first-order chi connectivity index (χ1) is 15.0. The van der Waals surface area contributed by atoms with E-state index in [1.54, 1.807) is 12.1 Å². The van der Waals surface area contributed by atoms with Gasteiger partial charge in [-0.15, -0.1) is 0 Å². The third-order valence-electron chi connectivity index (χ3n) is 4.88. The van der Waals surface area contributed by atoms with Crippen LogP contribution in [0.25, 0.3) is 0 Å². The molecule has 2 rings (SSSR count). The SMILES string of the molecule is CCCCCCCOc1ccc(C(=O)NC(=S)Nc2ccc(OC(C)CC)cc2)cc1. The second-order valence-electron chi connectivity index (χ2n) is 7.56. The minimum atomic E-state index is -0.264. The lowest BCUT2D eigenvalue weighted by Crippen LogP contribution is -2.34. The summed E-state index contributed by atoms with van der Waals surface area (Å²) >= 11 is 5.26. The van der Waals surface area contributed by atoms with E-state index in [1.165, 1.54) is 25.7 Å². The predicted octanol–water partition coefficient (Wildman–Crippen LogP) is 6.34. The normalized spacial score (nSPS) is 11.5. The molecule has 0 aliphatic rings. The first-order valence-corrected chi connectivity index (χ1v) is 11.5. The Morgan fingerprint density at radius 1 is 0.935 bits per heavy atom.